The molecule has 0 bridgehead atoms. The first-order valence-corrected chi connectivity index (χ1v) is 7.14. The molecule has 0 aromatic heterocycles. The second-order valence-electron chi connectivity index (χ2n) is 4.61. The third kappa shape index (κ3) is 3.45. The van der Waals surface area contributed by atoms with Crippen molar-refractivity contribution in [3.05, 3.63) is 32.3 Å². The molecule has 2 unspecified atom stereocenters. The third-order valence-corrected chi connectivity index (χ3v) is 3.58. The number of ether oxygens (including phenoxy) is 2. The highest BCUT2D eigenvalue weighted by Gasteiger charge is 2.43. The van der Waals surface area contributed by atoms with Gasteiger partial charge in [0.15, 0.2) is 17.6 Å². The fraction of sp³-hybridized carbons (Fsp3) is 0.462. The summed E-state index contributed by atoms with van der Waals surface area (Å²) in [5, 5.41) is 10.8. The molecule has 0 heterocycles. The van der Waals surface area contributed by atoms with Crippen molar-refractivity contribution in [1.82, 2.24) is 0 Å². The summed E-state index contributed by atoms with van der Waals surface area (Å²) in [7, 11) is 0. The molecule has 21 heavy (non-hydrogen) atoms. The van der Waals surface area contributed by atoms with E-state index in [-0.39, 0.29) is 33.7 Å². The van der Waals surface area contributed by atoms with Crippen LogP contribution in [0.25, 0.3) is 0 Å². The predicted octanol–water partition coefficient (Wildman–Crippen LogP) is 3.42. The maximum absolute atomic E-state index is 11.5. The molecule has 2 rings (SSSR count). The Bertz CT molecular complexity index is 555. The van der Waals surface area contributed by atoms with Gasteiger partial charge in [-0.1, -0.05) is 30.1 Å². The van der Waals surface area contributed by atoms with Gasteiger partial charge in [-0.3, -0.25) is 14.9 Å². The number of nitrogens with zero attached hydrogens (tertiary/aromatic N) is 1. The van der Waals surface area contributed by atoms with Crippen molar-refractivity contribution in [2.75, 3.05) is 6.61 Å². The molecule has 0 spiro atoms. The van der Waals surface area contributed by atoms with E-state index in [4.69, 9.17) is 32.7 Å². The summed E-state index contributed by atoms with van der Waals surface area (Å²) >= 11 is 11.9. The Balaban J connectivity index is 2.13. The molecular weight excluding hydrogens is 321 g/mol. The smallest absolute Gasteiger partial charge is 0.272 e. The molecule has 2 atom stereocenters. The number of benzene rings is 1. The van der Waals surface area contributed by atoms with E-state index in [0.29, 0.717) is 6.61 Å². The van der Waals surface area contributed by atoms with Gasteiger partial charge in [-0.15, -0.1) is 0 Å². The highest BCUT2D eigenvalue weighted by molar-refractivity contribution is 6.37. The lowest BCUT2D eigenvalue weighted by Crippen LogP contribution is -2.52. The number of nitro groups is 1. The van der Waals surface area contributed by atoms with Crippen LogP contribution < -0.4 is 4.74 Å². The maximum atomic E-state index is 11.5. The van der Waals surface area contributed by atoms with Crippen LogP contribution in [0.15, 0.2) is 12.1 Å². The van der Waals surface area contributed by atoms with Gasteiger partial charge in [-0.05, 0) is 6.42 Å². The van der Waals surface area contributed by atoms with Crippen LogP contribution in [0.5, 0.6) is 5.75 Å². The van der Waals surface area contributed by atoms with Crippen LogP contribution in [-0.4, -0.2) is 29.5 Å². The number of carbonyl (C=O) groups is 1. The standard InChI is InChI=1S/C13H13Cl2NO5/c1-2-3-20-13-10(17)6-11(13)21-12-8(14)4-7(16(18)19)5-9(12)15/h4-5,11,13H,2-3,6H2,1H3. The van der Waals surface area contributed by atoms with Crippen molar-refractivity contribution in [3.63, 3.8) is 0 Å². The maximum Gasteiger partial charge on any atom is 0.272 e. The van der Waals surface area contributed by atoms with Crippen molar-refractivity contribution >= 4 is 34.7 Å². The highest BCUT2D eigenvalue weighted by atomic mass is 35.5. The molecule has 1 saturated carbocycles. The summed E-state index contributed by atoms with van der Waals surface area (Å²) in [6.07, 6.45) is -0.110. The molecule has 0 N–H and O–H groups in total. The van der Waals surface area contributed by atoms with Gasteiger partial charge in [0.25, 0.3) is 5.69 Å². The molecule has 0 amide bonds. The first kappa shape index (κ1) is 16.0. The van der Waals surface area contributed by atoms with Crippen LogP contribution in [0.4, 0.5) is 5.69 Å². The fourth-order valence-electron chi connectivity index (χ4n) is 1.93. The Kier molecular flexibility index (Phi) is 5.03. The van der Waals surface area contributed by atoms with Crippen LogP contribution in [0.2, 0.25) is 10.0 Å². The Morgan fingerprint density at radius 1 is 1.38 bits per heavy atom. The minimum Gasteiger partial charge on any atom is -0.484 e. The highest BCUT2D eigenvalue weighted by Crippen LogP contribution is 2.39. The van der Waals surface area contributed by atoms with E-state index in [2.05, 4.69) is 0 Å². The van der Waals surface area contributed by atoms with E-state index in [1.165, 1.54) is 0 Å². The van der Waals surface area contributed by atoms with Crippen molar-refractivity contribution < 1.29 is 19.2 Å². The SMILES string of the molecule is CCCOC1C(=O)CC1Oc1c(Cl)cc([N+](=O)[O-])cc1Cl. The van der Waals surface area contributed by atoms with E-state index >= 15 is 0 Å². The van der Waals surface area contributed by atoms with Gasteiger partial charge in [-0.2, -0.15) is 0 Å². The van der Waals surface area contributed by atoms with E-state index in [1.807, 2.05) is 6.92 Å². The van der Waals surface area contributed by atoms with Crippen LogP contribution in [0.1, 0.15) is 19.8 Å². The van der Waals surface area contributed by atoms with Gasteiger partial charge < -0.3 is 9.47 Å². The molecule has 0 saturated heterocycles. The number of Topliss-reactive ketones (excluding diaryl/α,β-unsaturated/α-hetero) is 1. The lowest BCUT2D eigenvalue weighted by atomic mass is 9.90. The molecular formula is C13H13Cl2NO5. The first-order chi connectivity index (χ1) is 9.93. The zero-order valence-electron chi connectivity index (χ0n) is 11.2. The van der Waals surface area contributed by atoms with Crippen LogP contribution in [0, 0.1) is 10.1 Å². The molecule has 6 nitrogen and oxygen atoms in total. The van der Waals surface area contributed by atoms with Gasteiger partial charge >= 0.3 is 0 Å². The quantitative estimate of drug-likeness (QED) is 0.588. The summed E-state index contributed by atoms with van der Waals surface area (Å²) in [5.41, 5.74) is -0.221. The number of ketones is 1. The fourth-order valence-corrected chi connectivity index (χ4v) is 2.50. The first-order valence-electron chi connectivity index (χ1n) is 6.38. The van der Waals surface area contributed by atoms with Gasteiger partial charge in [0.2, 0.25) is 0 Å². The van der Waals surface area contributed by atoms with Crippen LogP contribution in [0.3, 0.4) is 0 Å². The predicted molar refractivity (Wildman–Crippen MR) is 77.2 cm³/mol. The molecule has 114 valence electrons. The van der Waals surface area contributed by atoms with Gasteiger partial charge in [0.05, 0.1) is 15.0 Å². The van der Waals surface area contributed by atoms with Gasteiger partial charge in [0, 0.05) is 25.2 Å². The monoisotopic (exact) mass is 333 g/mol. The van der Waals surface area contributed by atoms with Crippen LogP contribution >= 0.6 is 23.2 Å². The van der Waals surface area contributed by atoms with Crippen molar-refractivity contribution in [2.24, 2.45) is 0 Å². The average Bonchev–Trinajstić information content (AvgIpc) is 2.41. The molecule has 1 aromatic carbocycles. The summed E-state index contributed by atoms with van der Waals surface area (Å²) in [5.74, 6) is 0.0918. The second kappa shape index (κ2) is 6.60. The van der Waals surface area contributed by atoms with E-state index in [1.54, 1.807) is 0 Å². The number of non-ortho nitro benzene ring substituents is 1. The molecule has 8 heteroatoms. The Labute approximate surface area is 131 Å². The summed E-state index contributed by atoms with van der Waals surface area (Å²) < 4.78 is 11.0. The topological polar surface area (TPSA) is 78.7 Å². The lowest BCUT2D eigenvalue weighted by Gasteiger charge is -2.35. The lowest BCUT2D eigenvalue weighted by molar-refractivity contribution is -0.384. The summed E-state index contributed by atoms with van der Waals surface area (Å²) in [6.45, 7) is 2.39. The van der Waals surface area contributed by atoms with E-state index in [9.17, 15) is 14.9 Å². The zero-order valence-corrected chi connectivity index (χ0v) is 12.7. The number of hydrogen-bond acceptors (Lipinski definition) is 5. The number of carbonyl (C=O) groups excluding carboxylic acids is 1. The molecule has 1 aromatic rings. The summed E-state index contributed by atoms with van der Waals surface area (Å²) in [4.78, 5) is 21.6. The Morgan fingerprint density at radius 3 is 2.48 bits per heavy atom. The molecule has 0 radical (unpaired) electrons. The third-order valence-electron chi connectivity index (χ3n) is 3.02. The zero-order chi connectivity index (χ0) is 15.6. The number of hydrogen-bond donors (Lipinski definition) is 0. The molecule has 1 aliphatic rings. The molecule has 1 aliphatic carbocycles. The molecule has 0 aliphatic heterocycles. The minimum absolute atomic E-state index is 0.0304. The van der Waals surface area contributed by atoms with Gasteiger partial charge in [-0.25, -0.2) is 0 Å². The van der Waals surface area contributed by atoms with E-state index < -0.39 is 17.1 Å². The van der Waals surface area contributed by atoms with Crippen molar-refractivity contribution in [3.8, 4) is 5.75 Å². The number of nitro benzene ring substituents is 1. The number of halogens is 2. The number of rotatable bonds is 6. The van der Waals surface area contributed by atoms with Gasteiger partial charge in [0.1, 0.15) is 6.10 Å². The Morgan fingerprint density at radius 2 is 2.00 bits per heavy atom. The molecule has 1 fully saturated rings. The summed E-state index contributed by atoms with van der Waals surface area (Å²) in [6, 6.07) is 2.32. The average molecular weight is 334 g/mol. The van der Waals surface area contributed by atoms with Crippen molar-refractivity contribution in [2.45, 2.75) is 32.0 Å². The van der Waals surface area contributed by atoms with E-state index in [0.717, 1.165) is 18.6 Å². The van der Waals surface area contributed by atoms with Crippen LogP contribution in [-0.2, 0) is 9.53 Å². The van der Waals surface area contributed by atoms with Crippen molar-refractivity contribution in [1.29, 1.82) is 0 Å². The largest absolute Gasteiger partial charge is 0.484 e. The normalized spacial score (nSPS) is 21.0. The second-order valence-corrected chi connectivity index (χ2v) is 5.43. The Hall–Kier alpha value is -1.37. The minimum atomic E-state index is -0.632.